The molecule has 0 bridgehead atoms. The van der Waals surface area contributed by atoms with Gasteiger partial charge in [0.25, 0.3) is 5.91 Å². The second kappa shape index (κ2) is 7.37. The highest BCUT2D eigenvalue weighted by Crippen LogP contribution is 2.32. The van der Waals surface area contributed by atoms with Crippen LogP contribution in [0.4, 0.5) is 14.5 Å². The van der Waals surface area contributed by atoms with Gasteiger partial charge >= 0.3 is 0 Å². The third-order valence-corrected chi connectivity index (χ3v) is 5.30. The molecule has 2 aromatic carbocycles. The molecular formula is C21H22F2N2O2. The Bertz CT molecular complexity index is 827. The molecule has 1 atom stereocenters. The lowest BCUT2D eigenvalue weighted by molar-refractivity contribution is -0.146. The molecule has 1 unspecified atom stereocenters. The molecule has 1 amide bonds. The van der Waals surface area contributed by atoms with Gasteiger partial charge in [0.15, 0.2) is 0 Å². The van der Waals surface area contributed by atoms with Gasteiger partial charge in [0.2, 0.25) is 0 Å². The maximum absolute atomic E-state index is 13.5. The molecule has 0 saturated carbocycles. The lowest BCUT2D eigenvalue weighted by atomic mass is 9.90. The van der Waals surface area contributed by atoms with E-state index in [2.05, 4.69) is 4.90 Å². The molecule has 2 aliphatic heterocycles. The summed E-state index contributed by atoms with van der Waals surface area (Å²) in [6.07, 6.45) is 1.80. The minimum Gasteiger partial charge on any atom is -0.362 e. The summed E-state index contributed by atoms with van der Waals surface area (Å²) in [5.74, 6) is -0.677. The Morgan fingerprint density at radius 2 is 1.85 bits per heavy atom. The monoisotopic (exact) mass is 372 g/mol. The van der Waals surface area contributed by atoms with Crippen molar-refractivity contribution in [2.24, 2.45) is 0 Å². The van der Waals surface area contributed by atoms with Crippen LogP contribution in [-0.2, 0) is 16.1 Å². The van der Waals surface area contributed by atoms with Gasteiger partial charge in [0.1, 0.15) is 18.2 Å². The number of rotatable bonds is 3. The number of carbonyl (C=O) groups excluding carboxylic acids is 1. The van der Waals surface area contributed by atoms with Crippen LogP contribution in [0.5, 0.6) is 0 Å². The van der Waals surface area contributed by atoms with Crippen molar-refractivity contribution in [3.63, 3.8) is 0 Å². The topological polar surface area (TPSA) is 32.8 Å². The standard InChI is InChI=1S/C21H22F2N2O2/c22-17-5-7-19(8-6-17)25-15-21(27-13-20(25)26)9-2-10-24(14-21)12-16-3-1-4-18(23)11-16/h1,3-8,11H,2,9-10,12-15H2. The van der Waals surface area contributed by atoms with Crippen molar-refractivity contribution in [1.29, 1.82) is 0 Å². The Morgan fingerprint density at radius 1 is 1.04 bits per heavy atom. The maximum Gasteiger partial charge on any atom is 0.253 e. The van der Waals surface area contributed by atoms with Gasteiger partial charge in [-0.25, -0.2) is 8.78 Å². The maximum atomic E-state index is 13.5. The van der Waals surface area contributed by atoms with Crippen LogP contribution < -0.4 is 4.90 Å². The van der Waals surface area contributed by atoms with E-state index in [0.29, 0.717) is 25.3 Å². The number of carbonyl (C=O) groups is 1. The molecule has 2 saturated heterocycles. The Morgan fingerprint density at radius 3 is 2.63 bits per heavy atom. The lowest BCUT2D eigenvalue weighted by Crippen LogP contribution is -2.61. The van der Waals surface area contributed by atoms with Gasteiger partial charge in [-0.15, -0.1) is 0 Å². The highest BCUT2D eigenvalue weighted by molar-refractivity contribution is 5.95. The first kappa shape index (κ1) is 18.1. The van der Waals surface area contributed by atoms with E-state index in [9.17, 15) is 13.6 Å². The SMILES string of the molecule is O=C1COC2(CCCN(Cc3cccc(F)c3)C2)CN1c1ccc(F)cc1. The number of likely N-dealkylation sites (tertiary alicyclic amines) is 1. The number of nitrogens with zero attached hydrogens (tertiary/aromatic N) is 2. The van der Waals surface area contributed by atoms with E-state index < -0.39 is 5.60 Å². The van der Waals surface area contributed by atoms with Crippen LogP contribution in [-0.4, -0.2) is 42.6 Å². The third kappa shape index (κ3) is 4.01. The van der Waals surface area contributed by atoms with Crippen LogP contribution in [0.3, 0.4) is 0 Å². The van der Waals surface area contributed by atoms with Crippen molar-refractivity contribution in [1.82, 2.24) is 4.90 Å². The van der Waals surface area contributed by atoms with E-state index in [1.165, 1.54) is 18.2 Å². The Labute approximate surface area is 157 Å². The summed E-state index contributed by atoms with van der Waals surface area (Å²) in [4.78, 5) is 16.3. The Hall–Kier alpha value is -2.31. The lowest BCUT2D eigenvalue weighted by Gasteiger charge is -2.47. The quantitative estimate of drug-likeness (QED) is 0.828. The molecule has 0 aromatic heterocycles. The summed E-state index contributed by atoms with van der Waals surface area (Å²) < 4.78 is 32.7. The molecule has 0 aliphatic carbocycles. The van der Waals surface area contributed by atoms with E-state index >= 15 is 0 Å². The predicted molar refractivity (Wildman–Crippen MR) is 98.3 cm³/mol. The second-order valence-corrected chi connectivity index (χ2v) is 7.37. The van der Waals surface area contributed by atoms with Gasteiger partial charge in [0.05, 0.1) is 12.1 Å². The van der Waals surface area contributed by atoms with Gasteiger partial charge in [-0.3, -0.25) is 9.69 Å². The van der Waals surface area contributed by atoms with E-state index in [-0.39, 0.29) is 24.1 Å². The predicted octanol–water partition coefficient (Wildman–Crippen LogP) is 3.36. The molecular weight excluding hydrogens is 350 g/mol. The summed E-state index contributed by atoms with van der Waals surface area (Å²) in [5.41, 5.74) is 1.16. The van der Waals surface area contributed by atoms with Gasteiger partial charge in [-0.2, -0.15) is 0 Å². The summed E-state index contributed by atoms with van der Waals surface area (Å²) in [6.45, 7) is 2.69. The van der Waals surface area contributed by atoms with Gasteiger partial charge in [0, 0.05) is 18.8 Å². The number of amides is 1. The minimum absolute atomic E-state index is 0.0190. The average molecular weight is 372 g/mol. The van der Waals surface area contributed by atoms with Crippen molar-refractivity contribution >= 4 is 11.6 Å². The molecule has 2 aliphatic rings. The average Bonchev–Trinajstić information content (AvgIpc) is 2.65. The van der Waals surface area contributed by atoms with Crippen LogP contribution >= 0.6 is 0 Å². The van der Waals surface area contributed by atoms with Gasteiger partial charge in [-0.1, -0.05) is 12.1 Å². The van der Waals surface area contributed by atoms with Crippen molar-refractivity contribution in [2.45, 2.75) is 25.0 Å². The Balaban J connectivity index is 1.49. The smallest absolute Gasteiger partial charge is 0.253 e. The van der Waals surface area contributed by atoms with Crippen LogP contribution in [0, 0.1) is 11.6 Å². The largest absolute Gasteiger partial charge is 0.362 e. The summed E-state index contributed by atoms with van der Waals surface area (Å²) in [5, 5.41) is 0. The number of hydrogen-bond donors (Lipinski definition) is 0. The van der Waals surface area contributed by atoms with E-state index in [4.69, 9.17) is 4.74 Å². The Kier molecular flexibility index (Phi) is 4.93. The second-order valence-electron chi connectivity index (χ2n) is 7.37. The zero-order valence-electron chi connectivity index (χ0n) is 15.0. The van der Waals surface area contributed by atoms with Crippen molar-refractivity contribution in [3.05, 3.63) is 65.7 Å². The van der Waals surface area contributed by atoms with E-state index in [1.807, 2.05) is 6.07 Å². The van der Waals surface area contributed by atoms with E-state index in [0.717, 1.165) is 24.9 Å². The zero-order valence-corrected chi connectivity index (χ0v) is 15.0. The van der Waals surface area contributed by atoms with Gasteiger partial charge < -0.3 is 9.64 Å². The van der Waals surface area contributed by atoms with Crippen LogP contribution in [0.1, 0.15) is 18.4 Å². The number of morpholine rings is 1. The molecule has 2 heterocycles. The minimum atomic E-state index is -0.451. The number of piperidine rings is 1. The third-order valence-electron chi connectivity index (χ3n) is 5.30. The highest BCUT2D eigenvalue weighted by atomic mass is 19.1. The molecule has 142 valence electrons. The van der Waals surface area contributed by atoms with Crippen LogP contribution in [0.15, 0.2) is 48.5 Å². The molecule has 0 radical (unpaired) electrons. The molecule has 1 spiro atoms. The number of hydrogen-bond acceptors (Lipinski definition) is 3. The highest BCUT2D eigenvalue weighted by Gasteiger charge is 2.43. The van der Waals surface area contributed by atoms with Crippen molar-refractivity contribution in [2.75, 3.05) is 31.1 Å². The first-order valence-electron chi connectivity index (χ1n) is 9.20. The summed E-state index contributed by atoms with van der Waals surface area (Å²) in [7, 11) is 0. The number of halogens is 2. The molecule has 2 fully saturated rings. The summed E-state index contributed by atoms with van der Waals surface area (Å²) >= 11 is 0. The zero-order chi connectivity index (χ0) is 18.9. The number of benzene rings is 2. The molecule has 2 aromatic rings. The molecule has 4 nitrogen and oxygen atoms in total. The fraction of sp³-hybridized carbons (Fsp3) is 0.381. The summed E-state index contributed by atoms with van der Waals surface area (Å²) in [6, 6.07) is 12.6. The van der Waals surface area contributed by atoms with Crippen LogP contribution in [0.2, 0.25) is 0 Å². The van der Waals surface area contributed by atoms with Crippen molar-refractivity contribution < 1.29 is 18.3 Å². The van der Waals surface area contributed by atoms with Crippen LogP contribution in [0.25, 0.3) is 0 Å². The first-order chi connectivity index (χ1) is 13.0. The fourth-order valence-electron chi connectivity index (χ4n) is 4.04. The molecule has 6 heteroatoms. The normalized spacial score (nSPS) is 23.8. The van der Waals surface area contributed by atoms with Crippen molar-refractivity contribution in [3.8, 4) is 0 Å². The molecule has 0 N–H and O–H groups in total. The molecule has 4 rings (SSSR count). The molecule has 27 heavy (non-hydrogen) atoms. The fourth-order valence-corrected chi connectivity index (χ4v) is 4.04. The number of anilines is 1. The number of ether oxygens (including phenoxy) is 1. The first-order valence-corrected chi connectivity index (χ1v) is 9.20. The van der Waals surface area contributed by atoms with Gasteiger partial charge in [-0.05, 0) is 61.3 Å². The van der Waals surface area contributed by atoms with E-state index in [1.54, 1.807) is 29.2 Å².